The Morgan fingerprint density at radius 3 is 1.58 bits per heavy atom. The highest BCUT2D eigenvalue weighted by Gasteiger charge is 2.43. The van der Waals surface area contributed by atoms with Crippen LogP contribution in [0.5, 0.6) is 0 Å². The van der Waals surface area contributed by atoms with E-state index in [4.69, 9.17) is 19.2 Å². The van der Waals surface area contributed by atoms with Crippen LogP contribution in [0.4, 0.5) is 9.59 Å². The van der Waals surface area contributed by atoms with Gasteiger partial charge in [-0.15, -0.1) is 0 Å². The molecule has 4 aromatic rings. The standard InChI is InChI=1S/C42H54N10O7/c1-25(2)35(47-41(55)57-5)39(53)51-33(15-19-49(51)3)37-43-23-31(45-37)28-11-7-26(8-12-28)27-9-13-29(14-10-27)32-24-44-38(46-32)34-16-20-50(4)52(34)40(54)36(48-42(56)58-6)30-17-21-59-22-18-30/h7-14,23-25,30,33-36H,15-22H2,1-6H3,(H,43,45)(H,44,46)(H,47,55)(H,48,56)/t33-,34-,35-,36-/m0/s1. The molecule has 5 heterocycles. The summed E-state index contributed by atoms with van der Waals surface area (Å²) in [5.41, 5.74) is 5.66. The van der Waals surface area contributed by atoms with Gasteiger partial charge in [-0.2, -0.15) is 0 Å². The van der Waals surface area contributed by atoms with Crippen LogP contribution in [0.15, 0.2) is 60.9 Å². The zero-order chi connectivity index (χ0) is 41.8. The normalized spacial score (nSPS) is 20.1. The first-order valence-corrected chi connectivity index (χ1v) is 20.1. The molecule has 3 aliphatic heterocycles. The van der Waals surface area contributed by atoms with Crippen LogP contribution in [0.25, 0.3) is 33.6 Å². The minimum Gasteiger partial charge on any atom is -0.453 e. The molecule has 0 radical (unpaired) electrons. The molecule has 0 bridgehead atoms. The van der Waals surface area contributed by atoms with Crippen molar-refractivity contribution in [1.82, 2.24) is 50.6 Å². The van der Waals surface area contributed by atoms with E-state index in [0.717, 1.165) is 33.6 Å². The van der Waals surface area contributed by atoms with Crippen molar-refractivity contribution in [3.63, 3.8) is 0 Å². The molecule has 3 fully saturated rings. The number of benzene rings is 2. The molecule has 7 rings (SSSR count). The van der Waals surface area contributed by atoms with Crippen LogP contribution in [-0.4, -0.2) is 131 Å². The number of H-pyrrole nitrogens is 2. The minimum absolute atomic E-state index is 0.0674. The molecule has 3 aliphatic rings. The summed E-state index contributed by atoms with van der Waals surface area (Å²) in [4.78, 5) is 68.5. The Labute approximate surface area is 343 Å². The second-order valence-electron chi connectivity index (χ2n) is 15.7. The maximum atomic E-state index is 14.1. The summed E-state index contributed by atoms with van der Waals surface area (Å²) in [5.74, 6) is 0.725. The fourth-order valence-corrected chi connectivity index (χ4v) is 8.29. The van der Waals surface area contributed by atoms with E-state index in [1.165, 1.54) is 14.2 Å². The molecule has 4 N–H and O–H groups in total. The number of imidazole rings is 2. The van der Waals surface area contributed by atoms with Crippen molar-refractivity contribution >= 4 is 24.0 Å². The van der Waals surface area contributed by atoms with Gasteiger partial charge in [-0.1, -0.05) is 62.4 Å². The molecule has 4 amide bonds. The van der Waals surface area contributed by atoms with Gasteiger partial charge >= 0.3 is 12.2 Å². The molecule has 3 saturated heterocycles. The van der Waals surface area contributed by atoms with Crippen LogP contribution in [0.1, 0.15) is 63.3 Å². The van der Waals surface area contributed by atoms with Gasteiger partial charge in [-0.25, -0.2) is 29.6 Å². The number of carbonyl (C=O) groups excluding carboxylic acids is 4. The Hall–Kier alpha value is -5.78. The number of rotatable bonds is 11. The van der Waals surface area contributed by atoms with Gasteiger partial charge in [-0.05, 0) is 59.8 Å². The first-order valence-electron chi connectivity index (χ1n) is 20.1. The lowest BCUT2D eigenvalue weighted by Gasteiger charge is -2.36. The number of carbonyl (C=O) groups is 4. The Bertz CT molecular complexity index is 2100. The van der Waals surface area contributed by atoms with Crippen molar-refractivity contribution < 1.29 is 33.4 Å². The third-order valence-electron chi connectivity index (χ3n) is 11.6. The van der Waals surface area contributed by atoms with Gasteiger partial charge in [-0.3, -0.25) is 19.6 Å². The molecule has 0 aliphatic carbocycles. The molecule has 0 saturated carbocycles. The second kappa shape index (κ2) is 18.0. The zero-order valence-corrected chi connectivity index (χ0v) is 34.4. The van der Waals surface area contributed by atoms with E-state index in [9.17, 15) is 19.2 Å². The number of methoxy groups -OCH3 is 2. The van der Waals surface area contributed by atoms with Gasteiger partial charge in [0.2, 0.25) is 0 Å². The third-order valence-corrected chi connectivity index (χ3v) is 11.6. The number of alkyl carbamates (subject to hydrolysis) is 2. The predicted octanol–water partition coefficient (Wildman–Crippen LogP) is 4.91. The number of amides is 4. The van der Waals surface area contributed by atoms with E-state index >= 15 is 0 Å². The van der Waals surface area contributed by atoms with E-state index < -0.39 is 24.3 Å². The summed E-state index contributed by atoms with van der Waals surface area (Å²) >= 11 is 0. The number of nitrogens with zero attached hydrogens (tertiary/aromatic N) is 6. The van der Waals surface area contributed by atoms with Crippen molar-refractivity contribution in [2.45, 2.75) is 63.7 Å². The fraction of sp³-hybridized carbons (Fsp3) is 0.476. The lowest BCUT2D eigenvalue weighted by Crippen LogP contribution is -2.55. The van der Waals surface area contributed by atoms with Crippen LogP contribution in [-0.2, 0) is 23.8 Å². The van der Waals surface area contributed by atoms with Gasteiger partial charge in [0, 0.05) is 40.4 Å². The maximum absolute atomic E-state index is 14.1. The lowest BCUT2D eigenvalue weighted by molar-refractivity contribution is -0.151. The smallest absolute Gasteiger partial charge is 0.407 e. The number of hydrogen-bond acceptors (Lipinski definition) is 11. The average molecular weight is 811 g/mol. The summed E-state index contributed by atoms with van der Waals surface area (Å²) < 4.78 is 15.2. The number of ether oxygens (including phenoxy) is 3. The van der Waals surface area contributed by atoms with E-state index in [2.05, 4.69) is 49.9 Å². The Kier molecular flexibility index (Phi) is 12.6. The highest BCUT2D eigenvalue weighted by Crippen LogP contribution is 2.35. The van der Waals surface area contributed by atoms with Gasteiger partial charge in [0.25, 0.3) is 11.8 Å². The highest BCUT2D eigenvalue weighted by molar-refractivity contribution is 5.87. The number of aromatic nitrogens is 4. The molecular weight excluding hydrogens is 757 g/mol. The summed E-state index contributed by atoms with van der Waals surface area (Å²) in [5, 5.41) is 12.7. The number of nitrogens with one attached hydrogen (secondary N) is 4. The highest BCUT2D eigenvalue weighted by atomic mass is 16.5. The van der Waals surface area contributed by atoms with Gasteiger partial charge < -0.3 is 34.8 Å². The van der Waals surface area contributed by atoms with Crippen LogP contribution >= 0.6 is 0 Å². The molecule has 314 valence electrons. The van der Waals surface area contributed by atoms with Gasteiger partial charge in [0.1, 0.15) is 35.8 Å². The SMILES string of the molecule is COC(=O)N[C@H](C(=O)N1[C@H](c2ncc(-c3ccc(-c4ccc(-c5cnc([C@@H]6CCN(C)N6C(=O)[C@@H](NC(=O)OC)C6CCOCC6)[nH]5)cc4)cc3)[nH]2)CCN1C)C(C)C. The second-order valence-corrected chi connectivity index (χ2v) is 15.7. The average Bonchev–Trinajstić information content (AvgIpc) is 4.09. The Morgan fingerprint density at radius 2 is 1.12 bits per heavy atom. The van der Waals surface area contributed by atoms with E-state index in [-0.39, 0.29) is 35.7 Å². The molecule has 59 heavy (non-hydrogen) atoms. The van der Waals surface area contributed by atoms with Crippen LogP contribution in [0.3, 0.4) is 0 Å². The van der Waals surface area contributed by atoms with Crippen LogP contribution < -0.4 is 10.6 Å². The monoisotopic (exact) mass is 810 g/mol. The first-order chi connectivity index (χ1) is 28.5. The quantitative estimate of drug-likeness (QED) is 0.161. The molecular formula is C42H54N10O7. The number of aromatic amines is 2. The van der Waals surface area contributed by atoms with Crippen molar-refractivity contribution in [3.05, 3.63) is 72.6 Å². The van der Waals surface area contributed by atoms with Crippen LogP contribution in [0, 0.1) is 11.8 Å². The third kappa shape index (κ3) is 8.82. The molecule has 4 atom stereocenters. The molecule has 17 nitrogen and oxygen atoms in total. The fourth-order valence-electron chi connectivity index (χ4n) is 8.29. The minimum atomic E-state index is -0.749. The van der Waals surface area contributed by atoms with E-state index in [1.54, 1.807) is 22.4 Å². The van der Waals surface area contributed by atoms with Crippen molar-refractivity contribution in [2.24, 2.45) is 11.8 Å². The Morgan fingerprint density at radius 1 is 0.678 bits per heavy atom. The number of hydrogen-bond donors (Lipinski definition) is 4. The summed E-state index contributed by atoms with van der Waals surface area (Å²) in [6.07, 6.45) is 5.01. The summed E-state index contributed by atoms with van der Waals surface area (Å²) in [7, 11) is 6.32. The molecule has 2 aromatic heterocycles. The van der Waals surface area contributed by atoms with Crippen molar-refractivity contribution in [1.29, 1.82) is 0 Å². The molecule has 2 aromatic carbocycles. The molecule has 0 spiro atoms. The van der Waals surface area contributed by atoms with E-state index in [1.807, 2.05) is 62.2 Å². The zero-order valence-electron chi connectivity index (χ0n) is 34.4. The molecule has 17 heteroatoms. The van der Waals surface area contributed by atoms with Gasteiger partial charge in [0.05, 0.1) is 38.0 Å². The van der Waals surface area contributed by atoms with Gasteiger partial charge in [0.15, 0.2) is 0 Å². The predicted molar refractivity (Wildman–Crippen MR) is 218 cm³/mol. The van der Waals surface area contributed by atoms with Crippen molar-refractivity contribution in [3.8, 4) is 33.6 Å². The first kappa shape index (κ1) is 41.4. The molecule has 0 unspecified atom stereocenters. The topological polar surface area (TPSA) is 190 Å². The van der Waals surface area contributed by atoms with Crippen LogP contribution in [0.2, 0.25) is 0 Å². The van der Waals surface area contributed by atoms with Crippen molar-refractivity contribution in [2.75, 3.05) is 54.6 Å². The lowest BCUT2D eigenvalue weighted by atomic mass is 9.90. The number of hydrazine groups is 2. The maximum Gasteiger partial charge on any atom is 0.407 e. The summed E-state index contributed by atoms with van der Waals surface area (Å²) in [6, 6.07) is 14.3. The Balaban J connectivity index is 1.02. The summed E-state index contributed by atoms with van der Waals surface area (Å²) in [6.45, 7) is 6.17. The van der Waals surface area contributed by atoms with E-state index in [0.29, 0.717) is 63.6 Å². The largest absolute Gasteiger partial charge is 0.453 e.